The van der Waals surface area contributed by atoms with E-state index in [0.29, 0.717) is 12.0 Å². The molecule has 80 valence electrons. The summed E-state index contributed by atoms with van der Waals surface area (Å²) in [6, 6.07) is 0. The largest absolute Gasteiger partial charge is 0.465 e. The highest BCUT2D eigenvalue weighted by Gasteiger charge is 2.11. The van der Waals surface area contributed by atoms with E-state index in [2.05, 4.69) is 11.3 Å². The zero-order valence-electron chi connectivity index (χ0n) is 8.32. The Bertz CT molecular complexity index is 211. The zero-order chi connectivity index (χ0) is 11.0. The van der Waals surface area contributed by atoms with Crippen LogP contribution in [0, 0.1) is 0 Å². The van der Waals surface area contributed by atoms with Crippen molar-refractivity contribution in [3.05, 3.63) is 12.2 Å². The van der Waals surface area contributed by atoms with Gasteiger partial charge in [-0.15, -0.1) is 0 Å². The van der Waals surface area contributed by atoms with Crippen LogP contribution in [0.5, 0.6) is 0 Å². The molecule has 0 N–H and O–H groups in total. The van der Waals surface area contributed by atoms with E-state index in [9.17, 15) is 9.59 Å². The van der Waals surface area contributed by atoms with Gasteiger partial charge in [-0.3, -0.25) is 4.79 Å². The highest BCUT2D eigenvalue weighted by atomic mass is 16.6. The Morgan fingerprint density at radius 2 is 2.14 bits per heavy atom. The molecule has 0 saturated heterocycles. The highest BCUT2D eigenvalue weighted by molar-refractivity contribution is 5.86. The first-order valence-corrected chi connectivity index (χ1v) is 4.02. The van der Waals surface area contributed by atoms with Crippen molar-refractivity contribution in [3.63, 3.8) is 0 Å². The Morgan fingerprint density at radius 1 is 1.50 bits per heavy atom. The predicted octanol–water partition coefficient (Wildman–Crippen LogP) is 0.294. The molecule has 5 nitrogen and oxygen atoms in total. The summed E-state index contributed by atoms with van der Waals surface area (Å²) in [5, 5.41) is 0. The van der Waals surface area contributed by atoms with Crippen molar-refractivity contribution in [2.24, 2.45) is 0 Å². The minimum absolute atomic E-state index is 0.0377. The van der Waals surface area contributed by atoms with Gasteiger partial charge in [0.05, 0.1) is 0 Å². The van der Waals surface area contributed by atoms with Crippen LogP contribution in [0.2, 0.25) is 0 Å². The van der Waals surface area contributed by atoms with Gasteiger partial charge < -0.3 is 14.2 Å². The van der Waals surface area contributed by atoms with Gasteiger partial charge in [-0.05, 0) is 6.92 Å². The van der Waals surface area contributed by atoms with E-state index < -0.39 is 12.1 Å². The predicted molar refractivity (Wildman–Crippen MR) is 48.6 cm³/mol. The normalized spacial score (nSPS) is 11.6. The fourth-order valence-electron chi connectivity index (χ4n) is 0.623. The SMILES string of the molecule is C=C(C)C(=O)OCC(COC=O)OC. The molecule has 14 heavy (non-hydrogen) atoms. The van der Waals surface area contributed by atoms with Crippen LogP contribution in [0.15, 0.2) is 12.2 Å². The molecule has 0 aromatic rings. The Balaban J connectivity index is 3.77. The molecule has 0 bridgehead atoms. The molecule has 0 aliphatic heterocycles. The third-order valence-electron chi connectivity index (χ3n) is 1.43. The van der Waals surface area contributed by atoms with Crippen LogP contribution in [0.4, 0.5) is 0 Å². The molecule has 0 saturated carbocycles. The maximum Gasteiger partial charge on any atom is 0.333 e. The molecule has 0 amide bonds. The lowest BCUT2D eigenvalue weighted by atomic mass is 10.3. The van der Waals surface area contributed by atoms with Gasteiger partial charge in [-0.2, -0.15) is 0 Å². The van der Waals surface area contributed by atoms with E-state index in [1.54, 1.807) is 6.92 Å². The lowest BCUT2D eigenvalue weighted by molar-refractivity contribution is -0.145. The molecule has 0 rings (SSSR count). The van der Waals surface area contributed by atoms with E-state index in [-0.39, 0.29) is 13.2 Å². The summed E-state index contributed by atoms with van der Waals surface area (Å²) in [5.74, 6) is -0.488. The van der Waals surface area contributed by atoms with Gasteiger partial charge in [-0.25, -0.2) is 4.79 Å². The minimum Gasteiger partial charge on any atom is -0.465 e. The van der Waals surface area contributed by atoms with Gasteiger partial charge in [0.15, 0.2) is 0 Å². The van der Waals surface area contributed by atoms with Crippen molar-refractivity contribution in [1.82, 2.24) is 0 Å². The summed E-state index contributed by atoms with van der Waals surface area (Å²) in [7, 11) is 1.44. The summed E-state index contributed by atoms with van der Waals surface area (Å²) in [6.07, 6.45) is -0.441. The van der Waals surface area contributed by atoms with Gasteiger partial charge in [0.25, 0.3) is 6.47 Å². The molecule has 1 unspecified atom stereocenters. The lowest BCUT2D eigenvalue weighted by Gasteiger charge is -2.13. The maximum absolute atomic E-state index is 10.9. The quantitative estimate of drug-likeness (QED) is 0.337. The van der Waals surface area contributed by atoms with Crippen LogP contribution in [-0.2, 0) is 23.8 Å². The number of ether oxygens (including phenoxy) is 3. The van der Waals surface area contributed by atoms with Crippen LogP contribution in [0.25, 0.3) is 0 Å². The van der Waals surface area contributed by atoms with Gasteiger partial charge in [0.1, 0.15) is 19.3 Å². The molecule has 0 fully saturated rings. The molecule has 0 aliphatic carbocycles. The van der Waals surface area contributed by atoms with E-state index in [1.807, 2.05) is 0 Å². The smallest absolute Gasteiger partial charge is 0.333 e. The molecular formula is C9H14O5. The van der Waals surface area contributed by atoms with Crippen molar-refractivity contribution in [2.75, 3.05) is 20.3 Å². The summed E-state index contributed by atoms with van der Waals surface area (Å²) < 4.78 is 14.1. The third-order valence-corrected chi connectivity index (χ3v) is 1.43. The second-order valence-electron chi connectivity index (χ2n) is 2.67. The molecule has 0 aromatic carbocycles. The van der Waals surface area contributed by atoms with Crippen molar-refractivity contribution >= 4 is 12.4 Å². The number of hydrogen-bond acceptors (Lipinski definition) is 5. The number of rotatable bonds is 7. The molecule has 0 aliphatic rings. The first-order valence-electron chi connectivity index (χ1n) is 4.02. The number of esters is 1. The fourth-order valence-corrected chi connectivity index (χ4v) is 0.623. The number of carbonyl (C=O) groups is 2. The Labute approximate surface area is 82.6 Å². The summed E-state index contributed by atoms with van der Waals surface area (Å²) in [4.78, 5) is 20.8. The monoisotopic (exact) mass is 202 g/mol. The van der Waals surface area contributed by atoms with Gasteiger partial charge in [0, 0.05) is 12.7 Å². The molecule has 0 heterocycles. The van der Waals surface area contributed by atoms with Crippen LogP contribution >= 0.6 is 0 Å². The molecule has 0 spiro atoms. The van der Waals surface area contributed by atoms with E-state index in [1.165, 1.54) is 7.11 Å². The average molecular weight is 202 g/mol. The zero-order valence-corrected chi connectivity index (χ0v) is 8.32. The van der Waals surface area contributed by atoms with Crippen LogP contribution < -0.4 is 0 Å². The molecule has 1 atom stereocenters. The Kier molecular flexibility index (Phi) is 6.39. The summed E-state index contributed by atoms with van der Waals surface area (Å²) >= 11 is 0. The first kappa shape index (κ1) is 12.6. The number of carbonyl (C=O) groups excluding carboxylic acids is 2. The minimum atomic E-state index is -0.488. The second kappa shape index (κ2) is 7.08. The Hall–Kier alpha value is -1.36. The third kappa shape index (κ3) is 5.31. The van der Waals surface area contributed by atoms with E-state index in [0.717, 1.165) is 0 Å². The first-order chi connectivity index (χ1) is 6.61. The molecule has 5 heteroatoms. The maximum atomic E-state index is 10.9. The topological polar surface area (TPSA) is 61.8 Å². The number of methoxy groups -OCH3 is 1. The highest BCUT2D eigenvalue weighted by Crippen LogP contribution is 1.97. The molecule has 0 aromatic heterocycles. The summed E-state index contributed by atoms with van der Waals surface area (Å²) in [5.41, 5.74) is 0.316. The molecule has 0 radical (unpaired) electrons. The number of hydrogen-bond donors (Lipinski definition) is 0. The van der Waals surface area contributed by atoms with Gasteiger partial charge >= 0.3 is 5.97 Å². The summed E-state index contributed by atoms with van der Waals surface area (Å²) in [6.45, 7) is 5.37. The van der Waals surface area contributed by atoms with Gasteiger partial charge in [0.2, 0.25) is 0 Å². The van der Waals surface area contributed by atoms with Crippen molar-refractivity contribution in [3.8, 4) is 0 Å². The van der Waals surface area contributed by atoms with E-state index in [4.69, 9.17) is 9.47 Å². The van der Waals surface area contributed by atoms with Gasteiger partial charge in [-0.1, -0.05) is 6.58 Å². The lowest BCUT2D eigenvalue weighted by Crippen LogP contribution is -2.26. The van der Waals surface area contributed by atoms with Crippen LogP contribution in [-0.4, -0.2) is 38.9 Å². The second-order valence-corrected chi connectivity index (χ2v) is 2.67. The molecular weight excluding hydrogens is 188 g/mol. The average Bonchev–Trinajstić information content (AvgIpc) is 2.17. The van der Waals surface area contributed by atoms with Crippen LogP contribution in [0.3, 0.4) is 0 Å². The van der Waals surface area contributed by atoms with E-state index >= 15 is 0 Å². The standard InChI is InChI=1S/C9H14O5/c1-7(2)9(11)14-5-8(12-3)4-13-6-10/h6,8H,1,4-5H2,2-3H3. The van der Waals surface area contributed by atoms with Crippen molar-refractivity contribution in [1.29, 1.82) is 0 Å². The Morgan fingerprint density at radius 3 is 2.57 bits per heavy atom. The van der Waals surface area contributed by atoms with Crippen LogP contribution in [0.1, 0.15) is 6.92 Å². The van der Waals surface area contributed by atoms with Crippen molar-refractivity contribution < 1.29 is 23.8 Å². The van der Waals surface area contributed by atoms with Crippen molar-refractivity contribution in [2.45, 2.75) is 13.0 Å². The fraction of sp³-hybridized carbons (Fsp3) is 0.556.